The Labute approximate surface area is 78.0 Å². The lowest BCUT2D eigenvalue weighted by Gasteiger charge is -2.02. The smallest absolute Gasteiger partial charge is 0.434 e. The number of carbonyl (C=O) groups excluding carboxylic acids is 1. The Morgan fingerprint density at radius 2 is 2.00 bits per heavy atom. The van der Waals surface area contributed by atoms with Gasteiger partial charge in [0, 0.05) is 0 Å². The minimum Gasteiger partial charge on any atom is -0.434 e. The van der Waals surface area contributed by atoms with Crippen molar-refractivity contribution in [3.8, 4) is 0 Å². The minimum atomic E-state index is -0.679. The third-order valence-corrected chi connectivity index (χ3v) is 1.50. The van der Waals surface area contributed by atoms with Gasteiger partial charge in [-0.2, -0.15) is 0 Å². The molecule has 0 rings (SSSR count). The summed E-state index contributed by atoms with van der Waals surface area (Å²) < 4.78 is 9.04. The molecular formula is C8H15ClO3. The number of ether oxygens (including phenoxy) is 2. The topological polar surface area (TPSA) is 35.5 Å². The lowest BCUT2D eigenvalue weighted by molar-refractivity contribution is 0.0664. The second-order valence-corrected chi connectivity index (χ2v) is 2.63. The number of hydrogen-bond donors (Lipinski definition) is 0. The van der Waals surface area contributed by atoms with Crippen molar-refractivity contribution in [2.45, 2.75) is 32.6 Å². The Bertz CT molecular complexity index is 117. The van der Waals surface area contributed by atoms with E-state index in [4.69, 9.17) is 11.6 Å². The van der Waals surface area contributed by atoms with Crippen molar-refractivity contribution in [1.82, 2.24) is 0 Å². The highest BCUT2D eigenvalue weighted by molar-refractivity contribution is 6.17. The Kier molecular flexibility index (Phi) is 8.34. The van der Waals surface area contributed by atoms with Crippen LogP contribution in [0.3, 0.4) is 0 Å². The van der Waals surface area contributed by atoms with Gasteiger partial charge < -0.3 is 9.47 Å². The molecule has 0 aromatic heterocycles. The summed E-state index contributed by atoms with van der Waals surface area (Å²) in [5.41, 5.74) is 0. The highest BCUT2D eigenvalue weighted by Gasteiger charge is 2.00. The van der Waals surface area contributed by atoms with Gasteiger partial charge in [0.2, 0.25) is 0 Å². The zero-order valence-corrected chi connectivity index (χ0v) is 8.10. The van der Waals surface area contributed by atoms with E-state index in [1.807, 2.05) is 0 Å². The molecule has 0 saturated carbocycles. The third kappa shape index (κ3) is 7.66. The van der Waals surface area contributed by atoms with E-state index in [2.05, 4.69) is 16.4 Å². The van der Waals surface area contributed by atoms with Gasteiger partial charge in [-0.05, 0) is 6.42 Å². The third-order valence-electron chi connectivity index (χ3n) is 1.39. The van der Waals surface area contributed by atoms with E-state index < -0.39 is 6.16 Å². The summed E-state index contributed by atoms with van der Waals surface area (Å²) in [4.78, 5) is 10.5. The highest BCUT2D eigenvalue weighted by Crippen LogP contribution is 1.99. The normalized spacial score (nSPS) is 9.50. The molecule has 0 N–H and O–H groups in total. The van der Waals surface area contributed by atoms with Crippen molar-refractivity contribution in [3.05, 3.63) is 0 Å². The first kappa shape index (κ1) is 11.6. The molecule has 0 aliphatic rings. The highest BCUT2D eigenvalue weighted by atomic mass is 35.5. The molecule has 0 unspecified atom stereocenters. The minimum absolute atomic E-state index is 0.145. The summed E-state index contributed by atoms with van der Waals surface area (Å²) in [7, 11) is 0. The summed E-state index contributed by atoms with van der Waals surface area (Å²) in [6, 6.07) is -0.145. The second-order valence-electron chi connectivity index (χ2n) is 2.41. The maximum Gasteiger partial charge on any atom is 0.509 e. The molecule has 0 amide bonds. The lowest BCUT2D eigenvalue weighted by Crippen LogP contribution is -2.07. The van der Waals surface area contributed by atoms with Gasteiger partial charge in [-0.15, -0.1) is 0 Å². The van der Waals surface area contributed by atoms with Crippen LogP contribution in [0.2, 0.25) is 0 Å². The largest absolute Gasteiger partial charge is 0.509 e. The fourth-order valence-electron chi connectivity index (χ4n) is 0.771. The lowest BCUT2D eigenvalue weighted by atomic mass is 10.2. The summed E-state index contributed by atoms with van der Waals surface area (Å²) in [5.74, 6) is 0. The van der Waals surface area contributed by atoms with Crippen molar-refractivity contribution in [1.29, 1.82) is 0 Å². The van der Waals surface area contributed by atoms with Crippen LogP contribution < -0.4 is 0 Å². The summed E-state index contributed by atoms with van der Waals surface area (Å²) in [5, 5.41) is 0. The van der Waals surface area contributed by atoms with Crippen LogP contribution in [0.15, 0.2) is 0 Å². The van der Waals surface area contributed by atoms with Crippen LogP contribution in [0.4, 0.5) is 4.79 Å². The average molecular weight is 195 g/mol. The number of rotatable bonds is 6. The van der Waals surface area contributed by atoms with Crippen LogP contribution in [0.5, 0.6) is 0 Å². The van der Waals surface area contributed by atoms with E-state index in [0.717, 1.165) is 12.8 Å². The molecule has 0 aromatic carbocycles. The Morgan fingerprint density at radius 3 is 2.58 bits per heavy atom. The van der Waals surface area contributed by atoms with Crippen molar-refractivity contribution in [3.63, 3.8) is 0 Å². The molecule has 4 heteroatoms. The second kappa shape index (κ2) is 8.65. The SMILES string of the molecule is CCCCCCOC(=O)OCCl. The first-order valence-corrected chi connectivity index (χ1v) is 4.70. The number of alkyl halides is 1. The molecule has 0 heterocycles. The Morgan fingerprint density at radius 1 is 1.25 bits per heavy atom. The average Bonchev–Trinajstić information content (AvgIpc) is 2.05. The molecule has 3 nitrogen and oxygen atoms in total. The van der Waals surface area contributed by atoms with E-state index in [1.165, 1.54) is 12.8 Å². The fraction of sp³-hybridized carbons (Fsp3) is 0.875. The number of carbonyl (C=O) groups is 1. The monoisotopic (exact) mass is 194 g/mol. The van der Waals surface area contributed by atoms with Crippen LogP contribution in [0, 0.1) is 0 Å². The van der Waals surface area contributed by atoms with E-state index in [-0.39, 0.29) is 6.07 Å². The molecule has 0 saturated heterocycles. The predicted molar refractivity (Wildman–Crippen MR) is 47.3 cm³/mol. The van der Waals surface area contributed by atoms with E-state index in [1.54, 1.807) is 0 Å². The van der Waals surface area contributed by atoms with E-state index in [0.29, 0.717) is 6.61 Å². The first-order valence-electron chi connectivity index (χ1n) is 4.16. The van der Waals surface area contributed by atoms with Crippen LogP contribution in [0.25, 0.3) is 0 Å². The zero-order chi connectivity index (χ0) is 9.23. The summed E-state index contributed by atoms with van der Waals surface area (Å²) in [6.07, 6.45) is 3.65. The molecular weight excluding hydrogens is 180 g/mol. The van der Waals surface area contributed by atoms with Gasteiger partial charge in [-0.25, -0.2) is 4.79 Å². The molecule has 72 valence electrons. The standard InChI is InChI=1S/C8H15ClO3/c1-2-3-4-5-6-11-8(10)12-7-9/h2-7H2,1H3. The van der Waals surface area contributed by atoms with Crippen molar-refractivity contribution >= 4 is 17.8 Å². The molecule has 0 aliphatic heterocycles. The number of unbranched alkanes of at least 4 members (excludes halogenated alkanes) is 3. The molecule has 0 aromatic rings. The Balaban J connectivity index is 3.03. The van der Waals surface area contributed by atoms with Gasteiger partial charge in [0.15, 0.2) is 6.07 Å². The molecule has 0 spiro atoms. The molecule has 12 heavy (non-hydrogen) atoms. The predicted octanol–water partition coefficient (Wildman–Crippen LogP) is 2.92. The van der Waals surface area contributed by atoms with E-state index >= 15 is 0 Å². The molecule has 0 bridgehead atoms. The van der Waals surface area contributed by atoms with Crippen LogP contribution >= 0.6 is 11.6 Å². The van der Waals surface area contributed by atoms with Crippen LogP contribution in [-0.4, -0.2) is 18.8 Å². The molecule has 0 atom stereocenters. The molecule has 0 radical (unpaired) electrons. The van der Waals surface area contributed by atoms with Crippen molar-refractivity contribution < 1.29 is 14.3 Å². The van der Waals surface area contributed by atoms with Gasteiger partial charge in [0.1, 0.15) is 0 Å². The fourth-order valence-corrected chi connectivity index (χ4v) is 0.860. The number of halogens is 1. The van der Waals surface area contributed by atoms with Crippen molar-refractivity contribution in [2.75, 3.05) is 12.7 Å². The van der Waals surface area contributed by atoms with Gasteiger partial charge in [-0.1, -0.05) is 37.8 Å². The summed E-state index contributed by atoms with van der Waals surface area (Å²) >= 11 is 5.14. The van der Waals surface area contributed by atoms with E-state index in [9.17, 15) is 4.79 Å². The maximum absolute atomic E-state index is 10.5. The van der Waals surface area contributed by atoms with Crippen molar-refractivity contribution in [2.24, 2.45) is 0 Å². The quantitative estimate of drug-likeness (QED) is 0.371. The van der Waals surface area contributed by atoms with Gasteiger partial charge >= 0.3 is 6.16 Å². The maximum atomic E-state index is 10.5. The van der Waals surface area contributed by atoms with Crippen LogP contribution in [0.1, 0.15) is 32.6 Å². The zero-order valence-electron chi connectivity index (χ0n) is 7.35. The van der Waals surface area contributed by atoms with Gasteiger partial charge in [0.25, 0.3) is 0 Å². The van der Waals surface area contributed by atoms with Crippen LogP contribution in [-0.2, 0) is 9.47 Å². The van der Waals surface area contributed by atoms with Gasteiger partial charge in [0.05, 0.1) is 6.61 Å². The Hall–Kier alpha value is -0.440. The first-order chi connectivity index (χ1) is 5.81. The number of hydrogen-bond acceptors (Lipinski definition) is 3. The van der Waals surface area contributed by atoms with Gasteiger partial charge in [-0.3, -0.25) is 0 Å². The molecule has 0 aliphatic carbocycles. The molecule has 0 fully saturated rings. The summed E-state index contributed by atoms with van der Waals surface area (Å²) in [6.45, 7) is 2.55.